The molecule has 2 aromatic rings. The van der Waals surface area contributed by atoms with Gasteiger partial charge in [0.15, 0.2) is 12.4 Å². The maximum Gasteiger partial charge on any atom is 0.374 e. The molecule has 0 saturated heterocycles. The fraction of sp³-hybridized carbons (Fsp3) is 0.214. The van der Waals surface area contributed by atoms with Gasteiger partial charge in [-0.25, -0.2) is 9.78 Å². The summed E-state index contributed by atoms with van der Waals surface area (Å²) >= 11 is 11.8. The zero-order valence-electron chi connectivity index (χ0n) is 11.8. The number of amides is 1. The number of carbonyl (C=O) groups is 2. The summed E-state index contributed by atoms with van der Waals surface area (Å²) < 4.78 is 9.92. The lowest BCUT2D eigenvalue weighted by atomic mass is 10.3. The molecule has 0 aliphatic rings. The van der Waals surface area contributed by atoms with Gasteiger partial charge in [-0.05, 0) is 32.0 Å². The first-order valence-corrected chi connectivity index (χ1v) is 6.98. The number of ether oxygens (including phenoxy) is 1. The molecule has 0 fully saturated rings. The number of hydrogen-bond acceptors (Lipinski definition) is 5. The van der Waals surface area contributed by atoms with Crippen LogP contribution in [0.25, 0.3) is 0 Å². The third-order valence-corrected chi connectivity index (χ3v) is 3.31. The Balaban J connectivity index is 1.93. The van der Waals surface area contributed by atoms with E-state index < -0.39 is 18.5 Å². The molecule has 2 aromatic heterocycles. The summed E-state index contributed by atoms with van der Waals surface area (Å²) in [4.78, 5) is 27.4. The second-order valence-corrected chi connectivity index (χ2v) is 5.24. The summed E-state index contributed by atoms with van der Waals surface area (Å²) in [6, 6.07) is 4.56. The number of esters is 1. The number of pyridine rings is 1. The van der Waals surface area contributed by atoms with E-state index in [0.717, 1.165) is 0 Å². The van der Waals surface area contributed by atoms with Gasteiger partial charge in [0.1, 0.15) is 5.76 Å². The van der Waals surface area contributed by atoms with E-state index in [0.29, 0.717) is 16.5 Å². The van der Waals surface area contributed by atoms with Crippen molar-refractivity contribution >= 4 is 40.9 Å². The van der Waals surface area contributed by atoms with Crippen LogP contribution in [0, 0.1) is 13.8 Å². The molecule has 22 heavy (non-hydrogen) atoms. The lowest BCUT2D eigenvalue weighted by Gasteiger charge is -2.08. The molecule has 0 bridgehead atoms. The van der Waals surface area contributed by atoms with Crippen molar-refractivity contribution < 1.29 is 18.7 Å². The van der Waals surface area contributed by atoms with Crippen LogP contribution in [0.15, 0.2) is 22.6 Å². The maximum atomic E-state index is 11.8. The summed E-state index contributed by atoms with van der Waals surface area (Å²) in [5.41, 5.74) is 0.518. The topological polar surface area (TPSA) is 81.4 Å². The summed E-state index contributed by atoms with van der Waals surface area (Å²) in [5.74, 6) is -0.548. The largest absolute Gasteiger partial charge is 0.454 e. The predicted molar refractivity (Wildman–Crippen MR) is 81.4 cm³/mol. The quantitative estimate of drug-likeness (QED) is 0.861. The standard InChI is InChI=1S/C14H12Cl2N2O4/c1-7-3-4-11(22-7)14(20)21-6-12(19)18-13-10(16)5-9(15)8(2)17-13/h3-5H,6H2,1-2H3,(H,17,18,19). The SMILES string of the molecule is Cc1ccc(C(=O)OCC(=O)Nc2nc(C)c(Cl)cc2Cl)o1. The van der Waals surface area contributed by atoms with Crippen LogP contribution in [0.1, 0.15) is 22.0 Å². The minimum Gasteiger partial charge on any atom is -0.454 e. The monoisotopic (exact) mass is 342 g/mol. The van der Waals surface area contributed by atoms with Gasteiger partial charge in [-0.2, -0.15) is 0 Å². The molecular formula is C14H12Cl2N2O4. The number of rotatable bonds is 4. The van der Waals surface area contributed by atoms with Gasteiger partial charge in [0, 0.05) is 0 Å². The molecule has 116 valence electrons. The van der Waals surface area contributed by atoms with Crippen molar-refractivity contribution in [2.75, 3.05) is 11.9 Å². The molecule has 1 amide bonds. The van der Waals surface area contributed by atoms with Crippen LogP contribution in [0.4, 0.5) is 5.82 Å². The molecule has 0 aliphatic carbocycles. The number of nitrogens with zero attached hydrogens (tertiary/aromatic N) is 1. The van der Waals surface area contributed by atoms with E-state index in [1.54, 1.807) is 19.9 Å². The zero-order valence-corrected chi connectivity index (χ0v) is 13.3. The van der Waals surface area contributed by atoms with Gasteiger partial charge >= 0.3 is 5.97 Å². The van der Waals surface area contributed by atoms with Gasteiger partial charge in [-0.15, -0.1) is 0 Å². The highest BCUT2D eigenvalue weighted by molar-refractivity contribution is 6.36. The van der Waals surface area contributed by atoms with Crippen LogP contribution in [0.2, 0.25) is 10.0 Å². The highest BCUT2D eigenvalue weighted by Gasteiger charge is 2.15. The Hall–Kier alpha value is -2.05. The Morgan fingerprint density at radius 1 is 1.27 bits per heavy atom. The number of aromatic nitrogens is 1. The Morgan fingerprint density at radius 2 is 2.00 bits per heavy atom. The number of halogens is 2. The third-order valence-electron chi connectivity index (χ3n) is 2.64. The van der Waals surface area contributed by atoms with Crippen molar-refractivity contribution in [1.82, 2.24) is 4.98 Å². The Morgan fingerprint density at radius 3 is 2.64 bits per heavy atom. The molecule has 2 heterocycles. The second kappa shape index (κ2) is 6.81. The van der Waals surface area contributed by atoms with E-state index in [9.17, 15) is 9.59 Å². The summed E-state index contributed by atoms with van der Waals surface area (Å²) in [5, 5.41) is 3.02. The van der Waals surface area contributed by atoms with Crippen molar-refractivity contribution in [1.29, 1.82) is 0 Å². The average molecular weight is 343 g/mol. The first-order valence-electron chi connectivity index (χ1n) is 6.23. The number of hydrogen-bond donors (Lipinski definition) is 1. The van der Waals surface area contributed by atoms with Gasteiger partial charge in [-0.3, -0.25) is 4.79 Å². The number of nitrogens with one attached hydrogen (secondary N) is 1. The molecule has 2 rings (SSSR count). The van der Waals surface area contributed by atoms with Crippen molar-refractivity contribution in [3.05, 3.63) is 45.5 Å². The highest BCUT2D eigenvalue weighted by Crippen LogP contribution is 2.25. The van der Waals surface area contributed by atoms with Gasteiger partial charge in [0.25, 0.3) is 5.91 Å². The van der Waals surface area contributed by atoms with E-state index in [-0.39, 0.29) is 16.6 Å². The van der Waals surface area contributed by atoms with E-state index >= 15 is 0 Å². The van der Waals surface area contributed by atoms with Gasteiger partial charge < -0.3 is 14.5 Å². The van der Waals surface area contributed by atoms with E-state index in [1.807, 2.05) is 0 Å². The van der Waals surface area contributed by atoms with Crippen molar-refractivity contribution in [2.45, 2.75) is 13.8 Å². The first kappa shape index (κ1) is 16.3. The van der Waals surface area contributed by atoms with E-state index in [2.05, 4.69) is 10.3 Å². The Bertz CT molecular complexity index is 728. The predicted octanol–water partition coefficient (Wildman–Crippen LogP) is 3.39. The minimum atomic E-state index is -0.727. The van der Waals surface area contributed by atoms with Crippen LogP contribution < -0.4 is 5.32 Å². The number of anilines is 1. The summed E-state index contributed by atoms with van der Waals surface area (Å²) in [6.07, 6.45) is 0. The van der Waals surface area contributed by atoms with Crippen LogP contribution in [-0.2, 0) is 9.53 Å². The Labute approximate surface area is 136 Å². The van der Waals surface area contributed by atoms with Gasteiger partial charge in [0.05, 0.1) is 15.7 Å². The molecule has 0 saturated carbocycles. The lowest BCUT2D eigenvalue weighted by molar-refractivity contribution is -0.119. The molecule has 0 radical (unpaired) electrons. The smallest absolute Gasteiger partial charge is 0.374 e. The van der Waals surface area contributed by atoms with Gasteiger partial charge in [-0.1, -0.05) is 23.2 Å². The molecule has 0 unspecified atom stereocenters. The summed E-state index contributed by atoms with van der Waals surface area (Å²) in [6.45, 7) is 2.88. The summed E-state index contributed by atoms with van der Waals surface area (Å²) in [7, 11) is 0. The Kier molecular flexibility index (Phi) is 5.05. The number of carbonyl (C=O) groups excluding carboxylic acids is 2. The van der Waals surface area contributed by atoms with Gasteiger partial charge in [0.2, 0.25) is 5.76 Å². The zero-order chi connectivity index (χ0) is 16.3. The molecule has 8 heteroatoms. The number of furan rings is 1. The molecule has 0 spiro atoms. The van der Waals surface area contributed by atoms with Crippen molar-refractivity contribution in [3.8, 4) is 0 Å². The van der Waals surface area contributed by atoms with Crippen LogP contribution in [0.3, 0.4) is 0 Å². The van der Waals surface area contributed by atoms with Crippen LogP contribution >= 0.6 is 23.2 Å². The van der Waals surface area contributed by atoms with Crippen LogP contribution in [-0.4, -0.2) is 23.5 Å². The molecular weight excluding hydrogens is 331 g/mol. The first-order chi connectivity index (χ1) is 10.4. The van der Waals surface area contributed by atoms with Crippen LogP contribution in [0.5, 0.6) is 0 Å². The second-order valence-electron chi connectivity index (χ2n) is 4.42. The maximum absolute atomic E-state index is 11.8. The lowest BCUT2D eigenvalue weighted by Crippen LogP contribution is -2.21. The molecule has 0 aliphatic heterocycles. The fourth-order valence-corrected chi connectivity index (χ4v) is 1.97. The molecule has 6 nitrogen and oxygen atoms in total. The number of aryl methyl sites for hydroxylation is 2. The molecule has 1 N–H and O–H groups in total. The minimum absolute atomic E-state index is 0.0313. The molecule has 0 aromatic carbocycles. The molecule has 0 atom stereocenters. The van der Waals surface area contributed by atoms with Crippen molar-refractivity contribution in [2.24, 2.45) is 0 Å². The van der Waals surface area contributed by atoms with Crippen molar-refractivity contribution in [3.63, 3.8) is 0 Å². The fourth-order valence-electron chi connectivity index (χ4n) is 1.56. The average Bonchev–Trinajstić information content (AvgIpc) is 2.89. The third kappa shape index (κ3) is 3.99. The highest BCUT2D eigenvalue weighted by atomic mass is 35.5. The normalized spacial score (nSPS) is 10.4. The van der Waals surface area contributed by atoms with E-state index in [1.165, 1.54) is 12.1 Å². The van der Waals surface area contributed by atoms with E-state index in [4.69, 9.17) is 32.4 Å².